The number of hydrogen-bond donors (Lipinski definition) is 2. The number of carbonyl (C=O) groups excluding carboxylic acids is 1. The molecular formula is C23H34F5N5O5S. The molecule has 2 fully saturated rings. The minimum absolute atomic E-state index is 0.00677. The van der Waals surface area contributed by atoms with Crippen LogP contribution in [0.1, 0.15) is 12.8 Å². The third-order valence-corrected chi connectivity index (χ3v) is 8.19. The van der Waals surface area contributed by atoms with Crippen molar-refractivity contribution in [1.82, 2.24) is 24.3 Å². The lowest BCUT2D eigenvalue weighted by molar-refractivity contribution is -0.192. The Balaban J connectivity index is 0.000000673. The second-order valence-corrected chi connectivity index (χ2v) is 11.1. The Morgan fingerprint density at radius 1 is 1.00 bits per heavy atom. The maximum Gasteiger partial charge on any atom is 0.490 e. The molecule has 0 spiro atoms. The van der Waals surface area contributed by atoms with Crippen molar-refractivity contribution in [2.45, 2.75) is 23.9 Å². The number of hydrogen-bond acceptors (Lipinski definition) is 7. The summed E-state index contributed by atoms with van der Waals surface area (Å²) >= 11 is 0. The highest BCUT2D eigenvalue weighted by Crippen LogP contribution is 2.20. The molecule has 0 atom stereocenters. The topological polar surface area (TPSA) is 114 Å². The summed E-state index contributed by atoms with van der Waals surface area (Å²) in [5.41, 5.74) is 0. The summed E-state index contributed by atoms with van der Waals surface area (Å²) in [5.74, 6) is -5.16. The van der Waals surface area contributed by atoms with Gasteiger partial charge in [-0.2, -0.15) is 17.5 Å². The zero-order chi connectivity index (χ0) is 29.2. The number of carboxylic acids is 1. The Morgan fingerprint density at radius 2 is 1.59 bits per heavy atom. The second-order valence-electron chi connectivity index (χ2n) is 9.16. The number of carboxylic acid groups (broad SMARTS) is 1. The van der Waals surface area contributed by atoms with Crippen molar-refractivity contribution in [1.29, 1.82) is 0 Å². The number of sulfonamides is 1. The van der Waals surface area contributed by atoms with Gasteiger partial charge in [-0.05, 0) is 38.2 Å². The maximum absolute atomic E-state index is 13.7. The molecule has 0 aromatic heterocycles. The van der Waals surface area contributed by atoms with Crippen molar-refractivity contribution < 1.29 is 45.1 Å². The molecule has 2 saturated heterocycles. The molecule has 0 unspecified atom stereocenters. The molecule has 10 nitrogen and oxygen atoms in total. The van der Waals surface area contributed by atoms with E-state index in [4.69, 9.17) is 9.90 Å². The lowest BCUT2D eigenvalue weighted by Gasteiger charge is -2.33. The molecule has 3 rings (SSSR count). The smallest absolute Gasteiger partial charge is 0.475 e. The Bertz CT molecular complexity index is 1060. The molecule has 2 aliphatic heterocycles. The Morgan fingerprint density at radius 3 is 2.13 bits per heavy atom. The van der Waals surface area contributed by atoms with E-state index in [1.54, 1.807) is 4.90 Å². The molecule has 0 radical (unpaired) electrons. The van der Waals surface area contributed by atoms with Crippen LogP contribution in [-0.2, 0) is 19.6 Å². The highest BCUT2D eigenvalue weighted by atomic mass is 32.2. The standard InChI is InChI=1S/C21H33F2N5O3S.C2HF3O2/c1-25-13-15-26(16-14-25)8-2-9-28(10-5-21(29)27-11-6-24-7-12-27)32(30,31)18-3-4-19(22)20(23)17-18;3-2(4,5)1(6)7/h3-4,17,24H,2,5-16H2,1H3;(H,6,7). The number of nitrogens with one attached hydrogen (secondary N) is 1. The van der Waals surface area contributed by atoms with Crippen LogP contribution in [0.5, 0.6) is 0 Å². The molecule has 222 valence electrons. The van der Waals surface area contributed by atoms with Crippen LogP contribution in [0.2, 0.25) is 0 Å². The summed E-state index contributed by atoms with van der Waals surface area (Å²) in [4.78, 5) is 27.4. The van der Waals surface area contributed by atoms with Crippen molar-refractivity contribution in [3.63, 3.8) is 0 Å². The van der Waals surface area contributed by atoms with E-state index in [0.717, 1.165) is 44.9 Å². The van der Waals surface area contributed by atoms with Gasteiger partial charge in [-0.1, -0.05) is 0 Å². The van der Waals surface area contributed by atoms with Gasteiger partial charge in [0.15, 0.2) is 11.6 Å². The summed E-state index contributed by atoms with van der Waals surface area (Å²) in [7, 11) is -1.99. The number of rotatable bonds is 9. The molecule has 2 N–H and O–H groups in total. The van der Waals surface area contributed by atoms with Crippen molar-refractivity contribution in [2.24, 2.45) is 0 Å². The number of alkyl halides is 3. The Labute approximate surface area is 224 Å². The fourth-order valence-corrected chi connectivity index (χ4v) is 5.47. The lowest BCUT2D eigenvalue weighted by atomic mass is 10.3. The molecule has 39 heavy (non-hydrogen) atoms. The minimum Gasteiger partial charge on any atom is -0.475 e. The van der Waals surface area contributed by atoms with Gasteiger partial charge in [0, 0.05) is 71.9 Å². The summed E-state index contributed by atoms with van der Waals surface area (Å²) in [6, 6.07) is 2.59. The van der Waals surface area contributed by atoms with E-state index in [1.165, 1.54) is 4.31 Å². The van der Waals surface area contributed by atoms with Gasteiger partial charge in [0.2, 0.25) is 15.9 Å². The van der Waals surface area contributed by atoms with Crippen LogP contribution in [0.3, 0.4) is 0 Å². The average molecular weight is 588 g/mol. The third kappa shape index (κ3) is 10.6. The predicted molar refractivity (Wildman–Crippen MR) is 131 cm³/mol. The Kier molecular flexibility index (Phi) is 12.5. The largest absolute Gasteiger partial charge is 0.490 e. The molecule has 2 heterocycles. The van der Waals surface area contributed by atoms with Gasteiger partial charge in [0.05, 0.1) is 4.90 Å². The van der Waals surface area contributed by atoms with Crippen LogP contribution >= 0.6 is 0 Å². The van der Waals surface area contributed by atoms with E-state index in [0.29, 0.717) is 38.7 Å². The fraction of sp³-hybridized carbons (Fsp3) is 0.652. The van der Waals surface area contributed by atoms with Crippen molar-refractivity contribution in [3.05, 3.63) is 29.8 Å². The normalized spacial score (nSPS) is 17.6. The minimum atomic E-state index is -5.08. The molecular weight excluding hydrogens is 553 g/mol. The van der Waals surface area contributed by atoms with Gasteiger partial charge in [0.25, 0.3) is 0 Å². The van der Waals surface area contributed by atoms with Gasteiger partial charge in [0.1, 0.15) is 0 Å². The van der Waals surface area contributed by atoms with Crippen LogP contribution in [0, 0.1) is 11.6 Å². The van der Waals surface area contributed by atoms with Crippen LogP contribution in [0.15, 0.2) is 23.1 Å². The number of benzene rings is 1. The molecule has 1 aromatic carbocycles. The van der Waals surface area contributed by atoms with Gasteiger partial charge < -0.3 is 25.1 Å². The molecule has 1 amide bonds. The number of amides is 1. The number of likely N-dealkylation sites (N-methyl/N-ethyl adjacent to an activating group) is 1. The van der Waals surface area contributed by atoms with Crippen LogP contribution in [0.25, 0.3) is 0 Å². The molecule has 0 bridgehead atoms. The van der Waals surface area contributed by atoms with Gasteiger partial charge in [-0.3, -0.25) is 4.79 Å². The lowest BCUT2D eigenvalue weighted by Crippen LogP contribution is -2.47. The summed E-state index contributed by atoms with van der Waals surface area (Å²) in [6.07, 6.45) is -4.44. The first kappa shape index (κ1) is 32.8. The zero-order valence-corrected chi connectivity index (χ0v) is 22.4. The maximum atomic E-state index is 13.7. The highest BCUT2D eigenvalue weighted by Gasteiger charge is 2.38. The summed E-state index contributed by atoms with van der Waals surface area (Å²) < 4.78 is 86.4. The number of carbonyl (C=O) groups is 2. The van der Waals surface area contributed by atoms with Gasteiger partial charge in [-0.25, -0.2) is 22.0 Å². The number of nitrogens with zero attached hydrogens (tertiary/aromatic N) is 4. The number of aliphatic carboxylic acids is 1. The van der Waals surface area contributed by atoms with E-state index >= 15 is 0 Å². The fourth-order valence-electron chi connectivity index (χ4n) is 3.97. The van der Waals surface area contributed by atoms with E-state index in [1.807, 2.05) is 0 Å². The molecule has 0 aliphatic carbocycles. The van der Waals surface area contributed by atoms with E-state index in [-0.39, 0.29) is 30.3 Å². The van der Waals surface area contributed by atoms with Crippen LogP contribution < -0.4 is 5.32 Å². The van der Waals surface area contributed by atoms with Crippen LogP contribution in [0.4, 0.5) is 22.0 Å². The van der Waals surface area contributed by atoms with Crippen molar-refractivity contribution in [2.75, 3.05) is 79.0 Å². The van der Waals surface area contributed by atoms with E-state index in [2.05, 4.69) is 22.2 Å². The first-order valence-corrected chi connectivity index (χ1v) is 13.8. The second kappa shape index (κ2) is 14.8. The first-order chi connectivity index (χ1) is 18.2. The van der Waals surface area contributed by atoms with Gasteiger partial charge in [-0.15, -0.1) is 0 Å². The van der Waals surface area contributed by atoms with Crippen molar-refractivity contribution >= 4 is 21.9 Å². The van der Waals surface area contributed by atoms with Crippen molar-refractivity contribution in [3.8, 4) is 0 Å². The highest BCUT2D eigenvalue weighted by molar-refractivity contribution is 7.89. The van der Waals surface area contributed by atoms with E-state index < -0.39 is 33.8 Å². The summed E-state index contributed by atoms with van der Waals surface area (Å²) in [6.45, 7) is 7.37. The van der Waals surface area contributed by atoms with Crippen LogP contribution in [-0.4, -0.2) is 130 Å². The molecule has 16 heteroatoms. The SMILES string of the molecule is CN1CCN(CCCN(CCC(=O)N2CCNCC2)S(=O)(=O)c2ccc(F)c(F)c2)CC1.O=C(O)C(F)(F)F. The third-order valence-electron chi connectivity index (χ3n) is 6.29. The predicted octanol–water partition coefficient (Wildman–Crippen LogP) is 1.05. The zero-order valence-electron chi connectivity index (χ0n) is 21.6. The van der Waals surface area contributed by atoms with E-state index in [9.17, 15) is 35.2 Å². The first-order valence-electron chi connectivity index (χ1n) is 12.4. The Hall–Kier alpha value is -2.40. The summed E-state index contributed by atoms with van der Waals surface area (Å²) in [5, 5.41) is 10.3. The average Bonchev–Trinajstić information content (AvgIpc) is 2.88. The molecule has 0 saturated carbocycles. The monoisotopic (exact) mass is 587 g/mol. The number of halogens is 5. The molecule has 2 aliphatic rings. The quantitative estimate of drug-likeness (QED) is 0.413. The van der Waals surface area contributed by atoms with Gasteiger partial charge >= 0.3 is 12.1 Å². The number of piperazine rings is 2. The molecule has 1 aromatic rings.